The summed E-state index contributed by atoms with van der Waals surface area (Å²) in [6.07, 6.45) is 0.0263. The summed E-state index contributed by atoms with van der Waals surface area (Å²) < 4.78 is 13.0. The van der Waals surface area contributed by atoms with Crippen LogP contribution in [0.2, 0.25) is 5.02 Å². The number of rotatable bonds is 3. The fraction of sp³-hybridized carbons (Fsp3) is 0.250. The van der Waals surface area contributed by atoms with E-state index in [1.54, 1.807) is 0 Å². The molecule has 0 radical (unpaired) electrons. The highest BCUT2D eigenvalue weighted by Gasteiger charge is 2.09. The number of nitro groups is 1. The lowest BCUT2D eigenvalue weighted by Crippen LogP contribution is -2.05. The van der Waals surface area contributed by atoms with E-state index in [1.165, 1.54) is 18.2 Å². The molecule has 3 nitrogen and oxygen atoms in total. The molecule has 0 amide bonds. The Hall–Kier alpha value is -1.16. The molecule has 5 heteroatoms. The van der Waals surface area contributed by atoms with Crippen LogP contribution in [-0.4, -0.2) is 11.5 Å². The molecule has 0 spiro atoms. The molecule has 0 bridgehead atoms. The summed E-state index contributed by atoms with van der Waals surface area (Å²) in [5.41, 5.74) is 0.209. The maximum absolute atomic E-state index is 13.0. The van der Waals surface area contributed by atoms with Gasteiger partial charge in [-0.2, -0.15) is 0 Å². The molecule has 0 N–H and O–H groups in total. The first-order valence-electron chi connectivity index (χ1n) is 3.66. The highest BCUT2D eigenvalue weighted by Crippen LogP contribution is 2.19. The Morgan fingerprint density at radius 3 is 2.77 bits per heavy atom. The standard InChI is InChI=1S/C8H7ClFNO2/c9-7-2-1-3-8(10)6(7)4-5-11(12)13/h1-3H,4-5H2. The van der Waals surface area contributed by atoms with Crippen LogP contribution < -0.4 is 0 Å². The van der Waals surface area contributed by atoms with Gasteiger partial charge in [-0.05, 0) is 12.1 Å². The molecule has 0 aromatic heterocycles. The summed E-state index contributed by atoms with van der Waals surface area (Å²) in [5.74, 6) is -0.491. The summed E-state index contributed by atoms with van der Waals surface area (Å²) in [6.45, 7) is -0.305. The van der Waals surface area contributed by atoms with Gasteiger partial charge in [0.2, 0.25) is 6.54 Å². The van der Waals surface area contributed by atoms with Crippen molar-refractivity contribution >= 4 is 11.6 Å². The normalized spacial score (nSPS) is 10.0. The number of halogens is 2. The molecule has 0 saturated carbocycles. The van der Waals surface area contributed by atoms with Crippen molar-refractivity contribution in [2.75, 3.05) is 6.54 Å². The van der Waals surface area contributed by atoms with Gasteiger partial charge < -0.3 is 0 Å². The molecule has 0 aliphatic carbocycles. The van der Waals surface area contributed by atoms with E-state index in [2.05, 4.69) is 0 Å². The second-order valence-electron chi connectivity index (χ2n) is 2.51. The largest absolute Gasteiger partial charge is 0.265 e. The van der Waals surface area contributed by atoms with Crippen molar-refractivity contribution in [3.63, 3.8) is 0 Å². The van der Waals surface area contributed by atoms with Crippen LogP contribution in [0.4, 0.5) is 4.39 Å². The van der Waals surface area contributed by atoms with Gasteiger partial charge >= 0.3 is 0 Å². The molecule has 0 saturated heterocycles. The molecule has 1 aromatic carbocycles. The third kappa shape index (κ3) is 2.66. The van der Waals surface area contributed by atoms with Gasteiger partial charge in [0.05, 0.1) is 0 Å². The Morgan fingerprint density at radius 2 is 2.23 bits per heavy atom. The van der Waals surface area contributed by atoms with Crippen LogP contribution in [-0.2, 0) is 6.42 Å². The minimum Gasteiger partial charge on any atom is -0.265 e. The molecule has 0 aliphatic heterocycles. The lowest BCUT2D eigenvalue weighted by molar-refractivity contribution is -0.479. The van der Waals surface area contributed by atoms with Gasteiger partial charge in [-0.1, -0.05) is 17.7 Å². The zero-order chi connectivity index (χ0) is 9.84. The molecular formula is C8H7ClFNO2. The molecule has 1 rings (SSSR count). The average Bonchev–Trinajstić information content (AvgIpc) is 2.03. The van der Waals surface area contributed by atoms with Gasteiger partial charge in [0, 0.05) is 21.9 Å². The highest BCUT2D eigenvalue weighted by atomic mass is 35.5. The van der Waals surface area contributed by atoms with E-state index in [0.29, 0.717) is 0 Å². The van der Waals surface area contributed by atoms with Crippen LogP contribution in [0.5, 0.6) is 0 Å². The first kappa shape index (κ1) is 9.92. The smallest absolute Gasteiger partial charge is 0.208 e. The maximum atomic E-state index is 13.0. The van der Waals surface area contributed by atoms with Crippen molar-refractivity contribution in [1.29, 1.82) is 0 Å². The predicted molar refractivity (Wildman–Crippen MR) is 47.0 cm³/mol. The zero-order valence-corrected chi connectivity index (χ0v) is 7.42. The Kier molecular flexibility index (Phi) is 3.19. The van der Waals surface area contributed by atoms with Crippen LogP contribution in [0.3, 0.4) is 0 Å². The van der Waals surface area contributed by atoms with Crippen LogP contribution in [0.1, 0.15) is 5.56 Å². The zero-order valence-electron chi connectivity index (χ0n) is 6.67. The van der Waals surface area contributed by atoms with Crippen molar-refractivity contribution in [3.8, 4) is 0 Å². The number of nitrogens with zero attached hydrogens (tertiary/aromatic N) is 1. The fourth-order valence-corrected chi connectivity index (χ4v) is 1.23. The highest BCUT2D eigenvalue weighted by molar-refractivity contribution is 6.31. The number of hydrogen-bond donors (Lipinski definition) is 0. The summed E-state index contributed by atoms with van der Waals surface area (Å²) in [7, 11) is 0. The molecule has 0 aliphatic rings. The van der Waals surface area contributed by atoms with E-state index < -0.39 is 10.7 Å². The monoisotopic (exact) mass is 203 g/mol. The van der Waals surface area contributed by atoms with Crippen LogP contribution in [0.15, 0.2) is 18.2 Å². The first-order valence-corrected chi connectivity index (χ1v) is 4.03. The summed E-state index contributed by atoms with van der Waals surface area (Å²) in [4.78, 5) is 9.54. The second kappa shape index (κ2) is 4.18. The lowest BCUT2D eigenvalue weighted by atomic mass is 10.1. The Morgan fingerprint density at radius 1 is 1.54 bits per heavy atom. The maximum Gasteiger partial charge on any atom is 0.208 e. The molecule has 0 atom stereocenters. The number of hydrogen-bond acceptors (Lipinski definition) is 2. The van der Waals surface area contributed by atoms with Crippen LogP contribution in [0.25, 0.3) is 0 Å². The molecule has 70 valence electrons. The van der Waals surface area contributed by atoms with Crippen molar-refractivity contribution < 1.29 is 9.31 Å². The fourth-order valence-electron chi connectivity index (χ4n) is 0.974. The molecule has 1 aromatic rings. The lowest BCUT2D eigenvalue weighted by Gasteiger charge is -2.01. The number of benzene rings is 1. The quantitative estimate of drug-likeness (QED) is 0.559. The van der Waals surface area contributed by atoms with Gasteiger partial charge in [0.1, 0.15) is 5.82 Å². The van der Waals surface area contributed by atoms with Crippen LogP contribution in [0, 0.1) is 15.9 Å². The third-order valence-corrected chi connectivity index (χ3v) is 1.96. The van der Waals surface area contributed by atoms with E-state index in [9.17, 15) is 14.5 Å². The van der Waals surface area contributed by atoms with Gasteiger partial charge in [-0.25, -0.2) is 4.39 Å². The molecular weight excluding hydrogens is 197 g/mol. The van der Waals surface area contributed by atoms with E-state index in [-0.39, 0.29) is 23.6 Å². The Labute approximate surface area is 79.3 Å². The Bertz CT molecular complexity index is 310. The van der Waals surface area contributed by atoms with Gasteiger partial charge in [-0.15, -0.1) is 0 Å². The summed E-state index contributed by atoms with van der Waals surface area (Å²) >= 11 is 5.65. The van der Waals surface area contributed by atoms with E-state index in [1.807, 2.05) is 0 Å². The second-order valence-corrected chi connectivity index (χ2v) is 2.91. The van der Waals surface area contributed by atoms with Gasteiger partial charge in [-0.3, -0.25) is 10.1 Å². The van der Waals surface area contributed by atoms with Crippen molar-refractivity contribution in [1.82, 2.24) is 0 Å². The van der Waals surface area contributed by atoms with Crippen molar-refractivity contribution in [3.05, 3.63) is 44.7 Å². The summed E-state index contributed by atoms with van der Waals surface area (Å²) in [5, 5.41) is 10.3. The average molecular weight is 204 g/mol. The van der Waals surface area contributed by atoms with E-state index in [0.717, 1.165) is 0 Å². The minimum atomic E-state index is -0.497. The van der Waals surface area contributed by atoms with E-state index >= 15 is 0 Å². The van der Waals surface area contributed by atoms with Gasteiger partial charge in [0.15, 0.2) is 0 Å². The molecule has 13 heavy (non-hydrogen) atoms. The first-order chi connectivity index (χ1) is 6.11. The molecule has 0 fully saturated rings. The molecule has 0 heterocycles. The van der Waals surface area contributed by atoms with Crippen molar-refractivity contribution in [2.24, 2.45) is 0 Å². The molecule has 0 unspecified atom stereocenters. The predicted octanol–water partition coefficient (Wildman–Crippen LogP) is 2.30. The third-order valence-electron chi connectivity index (χ3n) is 1.61. The minimum absolute atomic E-state index is 0.0263. The summed E-state index contributed by atoms with van der Waals surface area (Å²) in [6, 6.07) is 4.22. The Balaban J connectivity index is 2.81. The SMILES string of the molecule is O=[N+]([O-])CCc1c(F)cccc1Cl. The van der Waals surface area contributed by atoms with E-state index in [4.69, 9.17) is 11.6 Å². The topological polar surface area (TPSA) is 43.1 Å². The van der Waals surface area contributed by atoms with Crippen LogP contribution >= 0.6 is 11.6 Å². The van der Waals surface area contributed by atoms with Gasteiger partial charge in [0.25, 0.3) is 0 Å². The van der Waals surface area contributed by atoms with Crippen molar-refractivity contribution in [2.45, 2.75) is 6.42 Å².